The van der Waals surface area contributed by atoms with Gasteiger partial charge in [-0.05, 0) is 42.5 Å². The lowest BCUT2D eigenvalue weighted by atomic mass is 10.0. The molecule has 1 atom stereocenters. The molecule has 0 saturated heterocycles. The lowest BCUT2D eigenvalue weighted by molar-refractivity contribution is -0.192. The second kappa shape index (κ2) is 12.7. The van der Waals surface area contributed by atoms with Crippen LogP contribution in [-0.4, -0.2) is 57.1 Å². The molecule has 222 valence electrons. The number of methoxy groups -OCH3 is 2. The van der Waals surface area contributed by atoms with Gasteiger partial charge in [-0.25, -0.2) is 19.0 Å². The van der Waals surface area contributed by atoms with E-state index in [9.17, 15) is 18.0 Å². The van der Waals surface area contributed by atoms with Crippen molar-refractivity contribution in [2.45, 2.75) is 12.2 Å². The number of nitrogens with zero attached hydrogens (tertiary/aromatic N) is 3. The number of rotatable bonds is 8. The molecule has 0 fully saturated rings. The number of benzene rings is 2. The van der Waals surface area contributed by atoms with E-state index in [-0.39, 0.29) is 34.5 Å². The molecule has 8 N–H and O–H groups in total. The van der Waals surface area contributed by atoms with Gasteiger partial charge in [0.05, 0.1) is 19.9 Å². The molecular weight excluding hydrogens is 568 g/mol. The van der Waals surface area contributed by atoms with Gasteiger partial charge in [0.15, 0.2) is 23.1 Å². The number of hydrogen-bond acceptors (Lipinski definition) is 9. The maximum Gasteiger partial charge on any atom is 0.490 e. The minimum absolute atomic E-state index is 0.0879. The lowest BCUT2D eigenvalue weighted by Crippen LogP contribution is -2.21. The third-order valence-electron chi connectivity index (χ3n) is 5.49. The van der Waals surface area contributed by atoms with Crippen molar-refractivity contribution in [2.24, 2.45) is 5.73 Å². The smallest absolute Gasteiger partial charge is 0.490 e. The zero-order valence-electron chi connectivity index (χ0n) is 21.9. The third-order valence-corrected chi connectivity index (χ3v) is 5.49. The molecule has 0 radical (unpaired) electrons. The largest absolute Gasteiger partial charge is 0.493 e. The van der Waals surface area contributed by atoms with Gasteiger partial charge in [0, 0.05) is 29.1 Å². The SMILES string of the molecule is COc1cc(F)c(C(Nc2ccc(C(=N)N)cc2)c2nn(-c3ncccc3N)c(=O)[nH]2)cc1OC.O=C(O)C(F)(F)F. The summed E-state index contributed by atoms with van der Waals surface area (Å²) in [6.45, 7) is 0. The summed E-state index contributed by atoms with van der Waals surface area (Å²) >= 11 is 0. The fourth-order valence-electron chi connectivity index (χ4n) is 3.50. The molecule has 0 spiro atoms. The molecule has 2 aromatic carbocycles. The summed E-state index contributed by atoms with van der Waals surface area (Å²) in [5.74, 6) is -2.73. The Balaban J connectivity index is 0.000000616. The first-order valence-electron chi connectivity index (χ1n) is 11.6. The molecule has 42 heavy (non-hydrogen) atoms. The van der Waals surface area contributed by atoms with Crippen LogP contribution in [0.2, 0.25) is 0 Å². The van der Waals surface area contributed by atoms with Crippen LogP contribution in [-0.2, 0) is 4.79 Å². The average Bonchev–Trinajstić information content (AvgIpc) is 3.32. The van der Waals surface area contributed by atoms with E-state index in [1.165, 1.54) is 32.5 Å². The Kier molecular flexibility index (Phi) is 9.36. The van der Waals surface area contributed by atoms with E-state index in [2.05, 4.69) is 20.4 Å². The Bertz CT molecular complexity index is 1640. The van der Waals surface area contributed by atoms with Gasteiger partial charge in [-0.3, -0.25) is 10.4 Å². The minimum Gasteiger partial charge on any atom is -0.493 e. The van der Waals surface area contributed by atoms with Crippen molar-refractivity contribution < 1.29 is 36.9 Å². The summed E-state index contributed by atoms with van der Waals surface area (Å²) in [4.78, 5) is 28.4. The number of hydrogen-bond donors (Lipinski definition) is 6. The molecule has 2 heterocycles. The highest BCUT2D eigenvalue weighted by molar-refractivity contribution is 5.95. The van der Waals surface area contributed by atoms with Crippen LogP contribution in [0, 0.1) is 11.2 Å². The molecule has 0 amide bonds. The van der Waals surface area contributed by atoms with Crippen molar-refractivity contribution in [2.75, 3.05) is 25.3 Å². The van der Waals surface area contributed by atoms with E-state index in [4.69, 9.17) is 36.3 Å². The number of aliphatic carboxylic acids is 1. The van der Waals surface area contributed by atoms with Gasteiger partial charge in [-0.15, -0.1) is 5.10 Å². The first-order chi connectivity index (χ1) is 19.8. The van der Waals surface area contributed by atoms with Crippen molar-refractivity contribution in [1.82, 2.24) is 19.7 Å². The van der Waals surface area contributed by atoms with Gasteiger partial charge in [0.2, 0.25) is 0 Å². The summed E-state index contributed by atoms with van der Waals surface area (Å²) in [6, 6.07) is 11.5. The van der Waals surface area contributed by atoms with E-state index < -0.39 is 29.7 Å². The lowest BCUT2D eigenvalue weighted by Gasteiger charge is -2.20. The van der Waals surface area contributed by atoms with Gasteiger partial charge < -0.3 is 31.4 Å². The maximum atomic E-state index is 15.3. The van der Waals surface area contributed by atoms with Crippen molar-refractivity contribution in [3.05, 3.63) is 88.0 Å². The average molecular weight is 593 g/mol. The fraction of sp³-hybridized carbons (Fsp3) is 0.160. The predicted octanol–water partition coefficient (Wildman–Crippen LogP) is 2.81. The van der Waals surface area contributed by atoms with E-state index in [1.54, 1.807) is 36.4 Å². The van der Waals surface area contributed by atoms with E-state index in [0.717, 1.165) is 4.68 Å². The number of aromatic nitrogens is 4. The molecule has 17 heteroatoms. The second-order valence-corrected chi connectivity index (χ2v) is 8.24. The van der Waals surface area contributed by atoms with Crippen LogP contribution < -0.4 is 31.9 Å². The van der Waals surface area contributed by atoms with Gasteiger partial charge in [-0.1, -0.05) is 0 Å². The molecule has 0 aliphatic heterocycles. The van der Waals surface area contributed by atoms with Gasteiger partial charge in [-0.2, -0.15) is 17.9 Å². The fourth-order valence-corrected chi connectivity index (χ4v) is 3.50. The molecule has 0 saturated carbocycles. The number of carbonyl (C=O) groups is 1. The molecule has 2 aromatic heterocycles. The minimum atomic E-state index is -5.08. The number of amidine groups is 1. The van der Waals surface area contributed by atoms with Crippen molar-refractivity contribution in [3.63, 3.8) is 0 Å². The number of alkyl halides is 3. The number of H-pyrrole nitrogens is 1. The predicted molar refractivity (Wildman–Crippen MR) is 143 cm³/mol. The summed E-state index contributed by atoms with van der Waals surface area (Å²) in [6.07, 6.45) is -3.60. The number of carboxylic acids is 1. The number of pyridine rings is 1. The summed E-state index contributed by atoms with van der Waals surface area (Å²) < 4.78 is 58.6. The monoisotopic (exact) mass is 592 g/mol. The van der Waals surface area contributed by atoms with Crippen LogP contribution in [0.1, 0.15) is 23.0 Å². The number of halogens is 4. The molecule has 0 aliphatic rings. The van der Waals surface area contributed by atoms with Crippen molar-refractivity contribution in [3.8, 4) is 17.3 Å². The number of anilines is 2. The van der Waals surface area contributed by atoms with E-state index in [1.807, 2.05) is 0 Å². The van der Waals surface area contributed by atoms with E-state index >= 15 is 4.39 Å². The molecule has 4 rings (SSSR count). The zero-order chi connectivity index (χ0) is 31.2. The van der Waals surface area contributed by atoms with Gasteiger partial charge in [0.1, 0.15) is 17.7 Å². The highest BCUT2D eigenvalue weighted by Gasteiger charge is 2.38. The standard InChI is InChI=1S/C23H23FN8O3.C2HF3O2/c1-34-17-10-14(15(24)11-18(17)35-2)19(29-13-7-5-12(6-8-13)20(26)27)21-30-23(33)32(31-21)22-16(25)4-3-9-28-22;3-2(4,5)1(6)7/h3-11,19,29H,25H2,1-2H3,(H3,26,27)(H,30,31,33);(H,6,7). The number of nitrogens with two attached hydrogens (primary N) is 2. The van der Waals surface area contributed by atoms with Crippen LogP contribution in [0.25, 0.3) is 5.82 Å². The number of ether oxygens (including phenoxy) is 2. The Morgan fingerprint density at radius 2 is 1.74 bits per heavy atom. The van der Waals surface area contributed by atoms with Crippen LogP contribution in [0.3, 0.4) is 0 Å². The first kappa shape index (κ1) is 30.9. The summed E-state index contributed by atoms with van der Waals surface area (Å²) in [5, 5.41) is 22.2. The van der Waals surface area contributed by atoms with Gasteiger partial charge >= 0.3 is 17.8 Å². The topological polar surface area (TPSA) is 207 Å². The molecule has 0 aliphatic carbocycles. The molecule has 0 bridgehead atoms. The first-order valence-corrected chi connectivity index (χ1v) is 11.6. The Morgan fingerprint density at radius 3 is 2.26 bits per heavy atom. The van der Waals surface area contributed by atoms with E-state index in [0.29, 0.717) is 17.0 Å². The Labute approximate surface area is 234 Å². The van der Waals surface area contributed by atoms with Gasteiger partial charge in [0.25, 0.3) is 0 Å². The van der Waals surface area contributed by atoms with Crippen molar-refractivity contribution in [1.29, 1.82) is 5.41 Å². The highest BCUT2D eigenvalue weighted by Crippen LogP contribution is 2.35. The molecular formula is C25H24F4N8O5. The van der Waals surface area contributed by atoms with Crippen LogP contribution >= 0.6 is 0 Å². The Morgan fingerprint density at radius 1 is 1.14 bits per heavy atom. The molecule has 1 unspecified atom stereocenters. The van der Waals surface area contributed by atoms with Crippen LogP contribution in [0.4, 0.5) is 28.9 Å². The number of nitrogen functional groups attached to an aromatic ring is 2. The summed E-state index contributed by atoms with van der Waals surface area (Å²) in [7, 11) is 2.84. The maximum absolute atomic E-state index is 15.3. The number of aromatic amines is 1. The zero-order valence-corrected chi connectivity index (χ0v) is 21.9. The van der Waals surface area contributed by atoms with Crippen molar-refractivity contribution >= 4 is 23.2 Å². The van der Waals surface area contributed by atoms with Crippen LogP contribution in [0.15, 0.2) is 59.5 Å². The quantitative estimate of drug-likeness (QED) is 0.100. The highest BCUT2D eigenvalue weighted by atomic mass is 19.4. The molecule has 4 aromatic rings. The summed E-state index contributed by atoms with van der Waals surface area (Å²) in [5.41, 5.74) is 12.3. The third kappa shape index (κ3) is 7.12. The van der Waals surface area contributed by atoms with Crippen LogP contribution in [0.5, 0.6) is 11.5 Å². The number of nitrogens with one attached hydrogen (secondary N) is 3. The number of carboxylic acid groups (broad SMARTS) is 1. The Hall–Kier alpha value is -5.61. The normalized spacial score (nSPS) is 11.6. The second-order valence-electron chi connectivity index (χ2n) is 8.24. The molecule has 13 nitrogen and oxygen atoms in total.